The van der Waals surface area contributed by atoms with Crippen LogP contribution in [0.1, 0.15) is 21.5 Å². The molecule has 3 aromatic carbocycles. The maximum atomic E-state index is 13.1. The fourth-order valence-electron chi connectivity index (χ4n) is 3.24. The van der Waals surface area contributed by atoms with Crippen molar-refractivity contribution in [3.8, 4) is 0 Å². The van der Waals surface area contributed by atoms with Gasteiger partial charge in [-0.25, -0.2) is 0 Å². The van der Waals surface area contributed by atoms with E-state index in [0.29, 0.717) is 22.9 Å². The monoisotopic (exact) mass is 381 g/mol. The quantitative estimate of drug-likeness (QED) is 0.462. The molecule has 2 nitrogen and oxygen atoms in total. The summed E-state index contributed by atoms with van der Waals surface area (Å²) in [6, 6.07) is 10.8. The first-order valence-electron chi connectivity index (χ1n) is 7.73. The highest BCUT2D eigenvalue weighted by atomic mass is 19.4. The molecule has 1 amide bonds. The Morgan fingerprint density at radius 2 is 1.30 bits per heavy atom. The van der Waals surface area contributed by atoms with Crippen molar-refractivity contribution in [1.29, 1.82) is 0 Å². The minimum atomic E-state index is -4.99. The number of halogens is 6. The van der Waals surface area contributed by atoms with Gasteiger partial charge in [-0.15, -0.1) is 0 Å². The van der Waals surface area contributed by atoms with E-state index in [4.69, 9.17) is 0 Å². The van der Waals surface area contributed by atoms with Gasteiger partial charge in [0.25, 0.3) is 5.91 Å². The Balaban J connectivity index is 1.97. The normalized spacial score (nSPS) is 14.3. The molecule has 0 aliphatic carbocycles. The van der Waals surface area contributed by atoms with Gasteiger partial charge in [-0.1, -0.05) is 24.3 Å². The SMILES string of the molecule is O=C1c2cccc3cccc(c23)N1c1cc(C(F)(F)F)cc(C(F)(F)F)c1. The molecule has 8 heteroatoms. The number of alkyl halides is 6. The lowest BCUT2D eigenvalue weighted by molar-refractivity contribution is -0.143. The number of nitrogens with zero attached hydrogens (tertiary/aromatic N) is 1. The van der Waals surface area contributed by atoms with Crippen molar-refractivity contribution in [3.63, 3.8) is 0 Å². The summed E-state index contributed by atoms with van der Waals surface area (Å²) >= 11 is 0. The zero-order valence-corrected chi connectivity index (χ0v) is 13.3. The van der Waals surface area contributed by atoms with E-state index in [1.54, 1.807) is 24.3 Å². The van der Waals surface area contributed by atoms with Gasteiger partial charge in [-0.05, 0) is 35.7 Å². The van der Waals surface area contributed by atoms with Gasteiger partial charge in [-0.2, -0.15) is 26.3 Å². The Kier molecular flexibility index (Phi) is 3.53. The minimum absolute atomic E-state index is 0.0395. The van der Waals surface area contributed by atoms with Crippen LogP contribution in [0.2, 0.25) is 0 Å². The summed E-state index contributed by atoms with van der Waals surface area (Å²) in [7, 11) is 0. The zero-order chi connectivity index (χ0) is 19.6. The molecule has 4 rings (SSSR count). The molecule has 1 aliphatic heterocycles. The van der Waals surface area contributed by atoms with Crippen molar-refractivity contribution in [1.82, 2.24) is 0 Å². The van der Waals surface area contributed by atoms with E-state index in [-0.39, 0.29) is 17.3 Å². The third kappa shape index (κ3) is 2.72. The second-order valence-corrected chi connectivity index (χ2v) is 6.09. The van der Waals surface area contributed by atoms with Crippen LogP contribution in [-0.4, -0.2) is 5.91 Å². The molecule has 0 bridgehead atoms. The average molecular weight is 381 g/mol. The minimum Gasteiger partial charge on any atom is -0.276 e. The number of benzene rings is 3. The van der Waals surface area contributed by atoms with Crippen LogP contribution in [0.15, 0.2) is 54.6 Å². The fourth-order valence-corrected chi connectivity index (χ4v) is 3.24. The summed E-state index contributed by atoms with van der Waals surface area (Å²) in [5.41, 5.74) is -2.94. The van der Waals surface area contributed by atoms with E-state index in [2.05, 4.69) is 0 Å². The third-order valence-electron chi connectivity index (χ3n) is 4.39. The number of amides is 1. The van der Waals surface area contributed by atoms with Crippen LogP contribution in [0, 0.1) is 0 Å². The molecule has 0 saturated heterocycles. The van der Waals surface area contributed by atoms with Crippen LogP contribution in [0.4, 0.5) is 37.7 Å². The predicted molar refractivity (Wildman–Crippen MR) is 86.9 cm³/mol. The Bertz CT molecular complexity index is 1050. The van der Waals surface area contributed by atoms with Crippen molar-refractivity contribution >= 4 is 28.1 Å². The molecule has 0 aromatic heterocycles. The summed E-state index contributed by atoms with van der Waals surface area (Å²) in [5.74, 6) is -0.672. The first-order valence-corrected chi connectivity index (χ1v) is 7.73. The lowest BCUT2D eigenvalue weighted by Gasteiger charge is -2.21. The number of carbonyl (C=O) groups is 1. The molecule has 0 unspecified atom stereocenters. The molecule has 27 heavy (non-hydrogen) atoms. The molecular weight excluding hydrogens is 372 g/mol. The van der Waals surface area contributed by atoms with Crippen molar-refractivity contribution in [3.05, 3.63) is 71.3 Å². The molecule has 3 aromatic rings. The molecule has 0 fully saturated rings. The standard InChI is InChI=1S/C19H9F6NO/c20-18(21,22)11-7-12(19(23,24)25)9-13(8-11)26-15-6-2-4-10-3-1-5-14(16(10)15)17(26)27/h1-9H. The topological polar surface area (TPSA) is 20.3 Å². The fraction of sp³-hybridized carbons (Fsp3) is 0.105. The van der Waals surface area contributed by atoms with Gasteiger partial charge in [0, 0.05) is 5.39 Å². The van der Waals surface area contributed by atoms with E-state index in [0.717, 1.165) is 4.90 Å². The van der Waals surface area contributed by atoms with Gasteiger partial charge >= 0.3 is 12.4 Å². The molecule has 138 valence electrons. The second-order valence-electron chi connectivity index (χ2n) is 6.09. The Labute approximate surface area is 148 Å². The molecule has 0 saturated carbocycles. The molecule has 0 radical (unpaired) electrons. The van der Waals surface area contributed by atoms with Gasteiger partial charge < -0.3 is 0 Å². The Morgan fingerprint density at radius 3 is 1.85 bits per heavy atom. The highest BCUT2D eigenvalue weighted by molar-refractivity contribution is 6.27. The maximum absolute atomic E-state index is 13.1. The maximum Gasteiger partial charge on any atom is 0.416 e. The molecule has 0 spiro atoms. The zero-order valence-electron chi connectivity index (χ0n) is 13.3. The van der Waals surface area contributed by atoms with Crippen LogP contribution < -0.4 is 4.90 Å². The summed E-state index contributed by atoms with van der Waals surface area (Å²) in [6.45, 7) is 0. The largest absolute Gasteiger partial charge is 0.416 e. The lowest BCUT2D eigenvalue weighted by atomic mass is 10.1. The molecular formula is C19H9F6NO. The van der Waals surface area contributed by atoms with Crippen LogP contribution in [0.5, 0.6) is 0 Å². The van der Waals surface area contributed by atoms with Crippen LogP contribution in [-0.2, 0) is 12.4 Å². The van der Waals surface area contributed by atoms with E-state index < -0.39 is 35.1 Å². The van der Waals surface area contributed by atoms with Crippen LogP contribution in [0.3, 0.4) is 0 Å². The van der Waals surface area contributed by atoms with Gasteiger partial charge in [0.15, 0.2) is 0 Å². The number of anilines is 2. The lowest BCUT2D eigenvalue weighted by Crippen LogP contribution is -2.22. The number of carbonyl (C=O) groups excluding carboxylic acids is 1. The summed E-state index contributed by atoms with van der Waals surface area (Å²) in [6.07, 6.45) is -9.98. The van der Waals surface area contributed by atoms with E-state index >= 15 is 0 Å². The number of rotatable bonds is 1. The Hall–Kier alpha value is -3.03. The molecule has 0 N–H and O–H groups in total. The van der Waals surface area contributed by atoms with Gasteiger partial charge in [0.05, 0.1) is 28.1 Å². The first kappa shape index (κ1) is 17.4. The third-order valence-corrected chi connectivity index (χ3v) is 4.39. The number of hydrogen-bond acceptors (Lipinski definition) is 1. The van der Waals surface area contributed by atoms with Gasteiger partial charge in [-0.3, -0.25) is 9.69 Å². The molecule has 1 heterocycles. The average Bonchev–Trinajstić information content (AvgIpc) is 2.88. The van der Waals surface area contributed by atoms with Gasteiger partial charge in [0.1, 0.15) is 0 Å². The van der Waals surface area contributed by atoms with Crippen molar-refractivity contribution in [2.45, 2.75) is 12.4 Å². The second kappa shape index (κ2) is 5.48. The van der Waals surface area contributed by atoms with E-state index in [9.17, 15) is 31.1 Å². The first-order chi connectivity index (χ1) is 12.6. The number of hydrogen-bond donors (Lipinski definition) is 0. The van der Waals surface area contributed by atoms with Crippen LogP contribution >= 0.6 is 0 Å². The highest BCUT2D eigenvalue weighted by Crippen LogP contribution is 2.45. The van der Waals surface area contributed by atoms with Crippen molar-refractivity contribution in [2.75, 3.05) is 4.90 Å². The molecule has 1 aliphatic rings. The summed E-state index contributed by atoms with van der Waals surface area (Å²) in [5, 5.41) is 1.17. The van der Waals surface area contributed by atoms with Crippen molar-refractivity contribution < 1.29 is 31.1 Å². The van der Waals surface area contributed by atoms with Gasteiger partial charge in [0.2, 0.25) is 0 Å². The highest BCUT2D eigenvalue weighted by Gasteiger charge is 2.39. The smallest absolute Gasteiger partial charge is 0.276 e. The Morgan fingerprint density at radius 1 is 0.741 bits per heavy atom. The van der Waals surface area contributed by atoms with E-state index in [1.165, 1.54) is 12.1 Å². The summed E-state index contributed by atoms with van der Waals surface area (Å²) in [4.78, 5) is 13.7. The van der Waals surface area contributed by atoms with Crippen molar-refractivity contribution in [2.24, 2.45) is 0 Å². The predicted octanol–water partition coefficient (Wildman–Crippen LogP) is 6.17. The molecule has 0 atom stereocenters. The summed E-state index contributed by atoms with van der Waals surface area (Å²) < 4.78 is 78.8. The van der Waals surface area contributed by atoms with Crippen LogP contribution in [0.25, 0.3) is 10.8 Å². The van der Waals surface area contributed by atoms with E-state index in [1.807, 2.05) is 0 Å².